The van der Waals surface area contributed by atoms with Crippen LogP contribution in [0.5, 0.6) is 11.5 Å². The number of halogens is 2. The van der Waals surface area contributed by atoms with Crippen LogP contribution < -0.4 is 15.8 Å². The Labute approximate surface area is 252 Å². The van der Waals surface area contributed by atoms with Crippen LogP contribution in [0.15, 0.2) is 66.7 Å². The summed E-state index contributed by atoms with van der Waals surface area (Å²) in [6.07, 6.45) is -1.36. The van der Waals surface area contributed by atoms with E-state index in [1.54, 1.807) is 0 Å². The number of aliphatic hydroxyl groups excluding tert-OH is 1. The lowest BCUT2D eigenvalue weighted by Crippen LogP contribution is -2.55. The number of anilines is 1. The van der Waals surface area contributed by atoms with Crippen molar-refractivity contribution in [2.45, 2.75) is 25.0 Å². The second-order valence-corrected chi connectivity index (χ2v) is 11.7. The number of rotatable bonds is 8. The van der Waals surface area contributed by atoms with Crippen LogP contribution in [0.2, 0.25) is 0 Å². The molecule has 0 radical (unpaired) electrons. The van der Waals surface area contributed by atoms with Crippen molar-refractivity contribution < 1.29 is 46.3 Å². The molecule has 3 atom stereocenters. The number of phenols is 1. The van der Waals surface area contributed by atoms with Crippen molar-refractivity contribution in [3.8, 4) is 11.5 Å². The zero-order valence-corrected chi connectivity index (χ0v) is 24.2. The van der Waals surface area contributed by atoms with Crippen LogP contribution >= 0.6 is 0 Å². The minimum Gasteiger partial charge on any atom is -0.735 e. The molecule has 0 saturated carbocycles. The molecule has 5 N–H and O–H groups in total. The summed E-state index contributed by atoms with van der Waals surface area (Å²) < 4.78 is 66.5. The van der Waals surface area contributed by atoms with Crippen molar-refractivity contribution in [3.63, 3.8) is 0 Å². The Kier molecular flexibility index (Phi) is 9.85. The van der Waals surface area contributed by atoms with E-state index >= 15 is 0 Å². The first-order valence-electron chi connectivity index (χ1n) is 13.4. The molecule has 0 aromatic heterocycles. The minimum atomic E-state index is -4.61. The third-order valence-electron chi connectivity index (χ3n) is 7.66. The van der Waals surface area contributed by atoms with Gasteiger partial charge in [0.25, 0.3) is 0 Å². The van der Waals surface area contributed by atoms with E-state index in [1.165, 1.54) is 76.5 Å². The summed E-state index contributed by atoms with van der Waals surface area (Å²) in [6, 6.07) is 14.1. The second kappa shape index (κ2) is 13.2. The number of aromatic hydroxyl groups is 1. The van der Waals surface area contributed by atoms with Crippen LogP contribution in [-0.2, 0) is 15.1 Å². The Bertz CT molecular complexity index is 1600. The molecular weight excluding hydrogens is 602 g/mol. The number of hydrogen-bond donors (Lipinski definition) is 3. The fourth-order valence-corrected chi connectivity index (χ4v) is 5.97. The van der Waals surface area contributed by atoms with E-state index in [9.17, 15) is 41.6 Å². The van der Waals surface area contributed by atoms with Crippen LogP contribution in [0.1, 0.15) is 36.1 Å². The van der Waals surface area contributed by atoms with Gasteiger partial charge in [0.15, 0.2) is 10.3 Å². The predicted molar refractivity (Wildman–Crippen MR) is 153 cm³/mol. The number of phenolic OH excluding ortho intramolecular Hbond substituents is 1. The highest BCUT2D eigenvalue weighted by atomic mass is 32.2. The number of carbonyl (C=O) groups is 2. The molecule has 44 heavy (non-hydrogen) atoms. The zero-order chi connectivity index (χ0) is 30.9. The molecule has 2 fully saturated rings. The van der Waals surface area contributed by atoms with Crippen LogP contribution in [0, 0.1) is 17.6 Å². The lowest BCUT2D eigenvalue weighted by molar-refractivity contribution is -0.131. The third kappa shape index (κ3) is 6.97. The van der Waals surface area contributed by atoms with Gasteiger partial charge in [-0.05, 0) is 66.9 Å². The van der Waals surface area contributed by atoms with E-state index < -0.39 is 46.1 Å². The number of amides is 2. The monoisotopic (exact) mass is 633 g/mol. The summed E-state index contributed by atoms with van der Waals surface area (Å²) in [5, 5.41) is 21.6. The van der Waals surface area contributed by atoms with Gasteiger partial charge in [0, 0.05) is 43.5 Å². The first-order valence-corrected chi connectivity index (χ1v) is 14.8. The Morgan fingerprint density at radius 2 is 1.57 bits per heavy atom. The van der Waals surface area contributed by atoms with Gasteiger partial charge in [0.2, 0.25) is 5.91 Å². The molecule has 0 spiro atoms. The maximum atomic E-state index is 13.6. The third-order valence-corrected chi connectivity index (χ3v) is 8.66. The lowest BCUT2D eigenvalue weighted by atomic mass is 9.78. The standard InChI is InChI=1S/C29H29F2N3O8S.H3N/c30-19-3-1-18(2-4-19)25(35)12-11-24-27(34(28(24)37)21-7-5-20(31)6-8-21)23-10-9-22(17-26(23)36)42-29(38)32-13-15-33(16-14-32)43(39,40)41;/h1-10,17,24-25,27,35-36H,11-16H2,(H,39,40,41);1H3/p-1/t24-,25+,27-;/m1./s1. The van der Waals surface area contributed by atoms with Crippen molar-refractivity contribution in [2.24, 2.45) is 5.92 Å². The van der Waals surface area contributed by atoms with E-state index in [-0.39, 0.29) is 62.6 Å². The Morgan fingerprint density at radius 1 is 0.977 bits per heavy atom. The Morgan fingerprint density at radius 3 is 2.14 bits per heavy atom. The normalized spacial score (nSPS) is 19.6. The molecule has 2 saturated heterocycles. The second-order valence-electron chi connectivity index (χ2n) is 10.3. The number of aliphatic hydroxyl groups is 1. The molecule has 2 amide bonds. The first kappa shape index (κ1) is 32.8. The van der Waals surface area contributed by atoms with E-state index in [1.807, 2.05) is 0 Å². The van der Waals surface area contributed by atoms with Crippen LogP contribution in [0.4, 0.5) is 19.3 Å². The summed E-state index contributed by atoms with van der Waals surface area (Å²) in [4.78, 5) is 28.6. The van der Waals surface area contributed by atoms with Crippen molar-refractivity contribution in [1.29, 1.82) is 0 Å². The van der Waals surface area contributed by atoms with E-state index in [0.29, 0.717) is 16.8 Å². The lowest BCUT2D eigenvalue weighted by Gasteiger charge is -2.48. The summed E-state index contributed by atoms with van der Waals surface area (Å²) in [6.45, 7) is -0.437. The number of hydrogen-bond acceptors (Lipinski definition) is 9. The average molecular weight is 634 g/mol. The Hall–Kier alpha value is -4.15. The fraction of sp³-hybridized carbons (Fsp3) is 0.310. The van der Waals surface area contributed by atoms with Gasteiger partial charge >= 0.3 is 6.09 Å². The molecule has 12 nitrogen and oxygen atoms in total. The number of nitrogens with zero attached hydrogens (tertiary/aromatic N) is 3. The van der Waals surface area contributed by atoms with E-state index in [0.717, 1.165) is 4.31 Å². The topological polar surface area (TPSA) is 186 Å². The van der Waals surface area contributed by atoms with Gasteiger partial charge in [-0.15, -0.1) is 0 Å². The highest BCUT2D eigenvalue weighted by Crippen LogP contribution is 2.49. The average Bonchev–Trinajstić information content (AvgIpc) is 2.97. The maximum Gasteiger partial charge on any atom is 0.415 e. The van der Waals surface area contributed by atoms with Crippen molar-refractivity contribution in [1.82, 2.24) is 15.4 Å². The molecule has 2 heterocycles. The van der Waals surface area contributed by atoms with Crippen LogP contribution in [0.3, 0.4) is 0 Å². The quantitative estimate of drug-likeness (QED) is 0.246. The number of β-lactam (4-membered cyclic amide) rings is 1. The van der Waals surface area contributed by atoms with Gasteiger partial charge in [0.1, 0.15) is 23.1 Å². The van der Waals surface area contributed by atoms with Crippen molar-refractivity contribution in [2.75, 3.05) is 31.1 Å². The summed E-state index contributed by atoms with van der Waals surface area (Å²) >= 11 is 0. The fourth-order valence-electron chi connectivity index (χ4n) is 5.36. The molecular formula is C29H31F2N4O8S-. The summed E-state index contributed by atoms with van der Waals surface area (Å²) in [5.41, 5.74) is 1.23. The maximum absolute atomic E-state index is 13.6. The van der Waals surface area contributed by atoms with Crippen LogP contribution in [-0.4, -0.2) is 70.6 Å². The number of piperazine rings is 1. The van der Waals surface area contributed by atoms with Crippen molar-refractivity contribution in [3.05, 3.63) is 89.5 Å². The number of ether oxygens (including phenoxy) is 1. The highest BCUT2D eigenvalue weighted by molar-refractivity contribution is 7.83. The molecule has 0 unspecified atom stereocenters. The molecule has 236 valence electrons. The smallest absolute Gasteiger partial charge is 0.415 e. The molecule has 3 aromatic rings. The number of benzene rings is 3. The molecule has 2 aliphatic rings. The van der Waals surface area contributed by atoms with Gasteiger partial charge < -0.3 is 35.5 Å². The van der Waals surface area contributed by atoms with Crippen molar-refractivity contribution >= 4 is 28.0 Å². The van der Waals surface area contributed by atoms with Gasteiger partial charge in [-0.1, -0.05) is 12.1 Å². The first-order chi connectivity index (χ1) is 20.4. The van der Waals surface area contributed by atoms with Gasteiger partial charge in [-0.25, -0.2) is 26.3 Å². The van der Waals surface area contributed by atoms with E-state index in [4.69, 9.17) is 4.74 Å². The van der Waals surface area contributed by atoms with Crippen LogP contribution in [0.25, 0.3) is 0 Å². The highest BCUT2D eigenvalue weighted by Gasteiger charge is 2.49. The van der Waals surface area contributed by atoms with E-state index in [2.05, 4.69) is 0 Å². The summed E-state index contributed by atoms with van der Waals surface area (Å²) in [7, 11) is -4.61. The molecule has 0 bridgehead atoms. The molecule has 15 heteroatoms. The summed E-state index contributed by atoms with van der Waals surface area (Å²) in [5.74, 6) is -2.17. The van der Waals surface area contributed by atoms with Gasteiger partial charge in [-0.3, -0.25) is 4.79 Å². The molecule has 3 aromatic carbocycles. The van der Waals surface area contributed by atoms with Gasteiger partial charge in [0.05, 0.1) is 18.1 Å². The number of carbonyl (C=O) groups excluding carboxylic acids is 2. The Balaban J connectivity index is 0.00000442. The molecule has 2 aliphatic heterocycles. The zero-order valence-electron chi connectivity index (χ0n) is 23.4. The molecule has 5 rings (SSSR count). The SMILES string of the molecule is N.O=C(Oc1ccc([C@@H]2[C@@H](CC[C@H](O)c3ccc(F)cc3)C(=O)N2c2ccc(F)cc2)c(O)c1)N1CCN(S(=O)(=O)[O-])CC1. The largest absolute Gasteiger partial charge is 0.735 e. The molecule has 0 aliphatic carbocycles. The predicted octanol–water partition coefficient (Wildman–Crippen LogP) is 3.63. The minimum absolute atomic E-state index is 0. The van der Waals surface area contributed by atoms with Gasteiger partial charge in [-0.2, -0.15) is 0 Å².